The van der Waals surface area contributed by atoms with E-state index in [0.29, 0.717) is 6.61 Å². The molecule has 2 rings (SSSR count). The maximum Gasteiger partial charge on any atom is 0.142 e. The van der Waals surface area contributed by atoms with Gasteiger partial charge in [0.2, 0.25) is 0 Å². The third-order valence-corrected chi connectivity index (χ3v) is 2.74. The summed E-state index contributed by atoms with van der Waals surface area (Å²) in [7, 11) is 0. The van der Waals surface area contributed by atoms with Gasteiger partial charge in [-0.2, -0.15) is 0 Å². The predicted octanol–water partition coefficient (Wildman–Crippen LogP) is 3.73. The fraction of sp³-hybridized carbons (Fsp3) is 0.188. The van der Waals surface area contributed by atoms with Crippen LogP contribution in [0.1, 0.15) is 22.3 Å². The monoisotopic (exact) mass is 238 g/mol. The number of hydrogen-bond donors (Lipinski definition) is 0. The quantitative estimate of drug-likeness (QED) is 0.587. The molecule has 0 saturated heterocycles. The van der Waals surface area contributed by atoms with Gasteiger partial charge in [-0.3, -0.25) is 0 Å². The molecule has 1 radical (unpaired) electrons. The second-order valence-corrected chi connectivity index (χ2v) is 4.27. The summed E-state index contributed by atoms with van der Waals surface area (Å²) in [6.07, 6.45) is 2.88. The summed E-state index contributed by atoms with van der Waals surface area (Å²) in [6.45, 7) is 4.58. The molecule has 2 heteroatoms. The lowest BCUT2D eigenvalue weighted by molar-refractivity contribution is 0.131. The smallest absolute Gasteiger partial charge is 0.142 e. The van der Waals surface area contributed by atoms with Crippen LogP contribution in [0.15, 0.2) is 53.7 Å². The molecular formula is C16H16NO. The highest BCUT2D eigenvalue weighted by atomic mass is 16.6. The molecule has 0 fully saturated rings. The second-order valence-electron chi connectivity index (χ2n) is 4.27. The van der Waals surface area contributed by atoms with Crippen molar-refractivity contribution in [3.8, 4) is 0 Å². The van der Waals surface area contributed by atoms with Crippen LogP contribution >= 0.6 is 0 Å². The van der Waals surface area contributed by atoms with Crippen LogP contribution in [0.3, 0.4) is 0 Å². The topological polar surface area (TPSA) is 21.6 Å². The molecule has 0 saturated carbocycles. The van der Waals surface area contributed by atoms with E-state index in [2.05, 4.69) is 24.4 Å². The third kappa shape index (κ3) is 3.45. The maximum absolute atomic E-state index is 5.26. The molecule has 2 aromatic carbocycles. The molecule has 0 aromatic heterocycles. The van der Waals surface area contributed by atoms with E-state index in [1.165, 1.54) is 11.1 Å². The highest BCUT2D eigenvalue weighted by molar-refractivity contribution is 5.79. The van der Waals surface area contributed by atoms with Gasteiger partial charge in [0.05, 0.1) is 0 Å². The summed E-state index contributed by atoms with van der Waals surface area (Å²) < 4.78 is 0. The van der Waals surface area contributed by atoms with E-state index in [4.69, 9.17) is 4.84 Å². The van der Waals surface area contributed by atoms with Gasteiger partial charge >= 0.3 is 0 Å². The average molecular weight is 238 g/mol. The Hall–Kier alpha value is -2.09. The lowest BCUT2D eigenvalue weighted by Gasteiger charge is -2.02. The van der Waals surface area contributed by atoms with E-state index >= 15 is 0 Å². The number of aryl methyl sites for hydroxylation is 2. The van der Waals surface area contributed by atoms with Crippen LogP contribution in [0.2, 0.25) is 0 Å². The Kier molecular flexibility index (Phi) is 4.13. The minimum Gasteiger partial charge on any atom is -0.390 e. The van der Waals surface area contributed by atoms with Crippen molar-refractivity contribution >= 4 is 6.21 Å². The molecule has 0 spiro atoms. The summed E-state index contributed by atoms with van der Waals surface area (Å²) in [5.41, 5.74) is 4.48. The molecular weight excluding hydrogens is 222 g/mol. The zero-order valence-corrected chi connectivity index (χ0v) is 10.7. The standard InChI is InChI=1S/C16H16NO/c1-13-6-5-8-15(10-13)11-17-18-12-16-9-4-3-7-14(16)2/h3-10H,12H2,1-2H3. The van der Waals surface area contributed by atoms with Crippen molar-refractivity contribution in [2.45, 2.75) is 20.5 Å². The minimum absolute atomic E-state index is 0.478. The van der Waals surface area contributed by atoms with E-state index < -0.39 is 0 Å². The van der Waals surface area contributed by atoms with Crippen molar-refractivity contribution in [1.82, 2.24) is 0 Å². The van der Waals surface area contributed by atoms with Crippen LogP contribution in [0.5, 0.6) is 0 Å². The van der Waals surface area contributed by atoms with E-state index in [0.717, 1.165) is 11.1 Å². The molecule has 0 N–H and O–H groups in total. The van der Waals surface area contributed by atoms with Gasteiger partial charge in [-0.15, -0.1) is 0 Å². The first kappa shape index (κ1) is 12.4. The average Bonchev–Trinajstić information content (AvgIpc) is 2.37. The first-order chi connectivity index (χ1) is 8.75. The lowest BCUT2D eigenvalue weighted by atomic mass is 10.1. The predicted molar refractivity (Wildman–Crippen MR) is 73.7 cm³/mol. The van der Waals surface area contributed by atoms with Crippen molar-refractivity contribution in [3.05, 3.63) is 70.8 Å². The second kappa shape index (κ2) is 6.01. The molecule has 2 aromatic rings. The van der Waals surface area contributed by atoms with E-state index in [1.807, 2.05) is 49.4 Å². The van der Waals surface area contributed by atoms with Crippen molar-refractivity contribution in [1.29, 1.82) is 0 Å². The van der Waals surface area contributed by atoms with Gasteiger partial charge in [0.1, 0.15) is 12.8 Å². The Morgan fingerprint density at radius 1 is 1.06 bits per heavy atom. The van der Waals surface area contributed by atoms with Gasteiger partial charge in [0.25, 0.3) is 0 Å². The molecule has 2 nitrogen and oxygen atoms in total. The van der Waals surface area contributed by atoms with Crippen LogP contribution in [0.4, 0.5) is 0 Å². The molecule has 91 valence electrons. The summed E-state index contributed by atoms with van der Waals surface area (Å²) in [5, 5.41) is 3.87. The SMILES string of the molecule is Cc1cccc(/[C]=N\OCc2ccccc2C)c1. The van der Waals surface area contributed by atoms with Crippen LogP contribution in [-0.2, 0) is 11.4 Å². The zero-order valence-electron chi connectivity index (χ0n) is 10.7. The molecule has 0 heterocycles. The number of nitrogens with zero attached hydrogens (tertiary/aromatic N) is 1. The molecule has 0 atom stereocenters. The highest BCUT2D eigenvalue weighted by Gasteiger charge is 1.96. The van der Waals surface area contributed by atoms with Crippen molar-refractivity contribution < 1.29 is 4.84 Å². The van der Waals surface area contributed by atoms with Crippen molar-refractivity contribution in [2.24, 2.45) is 5.16 Å². The largest absolute Gasteiger partial charge is 0.390 e. The molecule has 18 heavy (non-hydrogen) atoms. The Morgan fingerprint density at radius 3 is 2.67 bits per heavy atom. The first-order valence-corrected chi connectivity index (χ1v) is 5.95. The van der Waals surface area contributed by atoms with E-state index in [-0.39, 0.29) is 0 Å². The fourth-order valence-corrected chi connectivity index (χ4v) is 1.67. The number of rotatable bonds is 4. The van der Waals surface area contributed by atoms with Crippen LogP contribution in [0, 0.1) is 13.8 Å². The normalized spacial score (nSPS) is 10.8. The van der Waals surface area contributed by atoms with Gasteiger partial charge in [0, 0.05) is 5.56 Å². The zero-order chi connectivity index (χ0) is 12.8. The van der Waals surface area contributed by atoms with Crippen LogP contribution in [-0.4, -0.2) is 6.21 Å². The van der Waals surface area contributed by atoms with Crippen LogP contribution in [0.25, 0.3) is 0 Å². The summed E-state index contributed by atoms with van der Waals surface area (Å²) in [5.74, 6) is 0. The van der Waals surface area contributed by atoms with Gasteiger partial charge in [0.15, 0.2) is 0 Å². The molecule has 0 bridgehead atoms. The Labute approximate surface area is 108 Å². The Balaban J connectivity index is 1.91. The van der Waals surface area contributed by atoms with Crippen molar-refractivity contribution in [2.75, 3.05) is 0 Å². The van der Waals surface area contributed by atoms with Gasteiger partial charge in [-0.1, -0.05) is 53.2 Å². The van der Waals surface area contributed by atoms with Gasteiger partial charge in [-0.05, 0) is 31.0 Å². The molecule has 0 aliphatic carbocycles. The Morgan fingerprint density at radius 2 is 1.89 bits per heavy atom. The minimum atomic E-state index is 0.478. The van der Waals surface area contributed by atoms with E-state index in [1.54, 1.807) is 0 Å². The molecule has 0 unspecified atom stereocenters. The van der Waals surface area contributed by atoms with Gasteiger partial charge in [-0.25, -0.2) is 0 Å². The van der Waals surface area contributed by atoms with Gasteiger partial charge < -0.3 is 4.84 Å². The fourth-order valence-electron chi connectivity index (χ4n) is 1.67. The third-order valence-electron chi connectivity index (χ3n) is 2.74. The molecule has 0 amide bonds. The summed E-state index contributed by atoms with van der Waals surface area (Å²) >= 11 is 0. The lowest BCUT2D eigenvalue weighted by Crippen LogP contribution is -1.91. The molecule has 0 aliphatic heterocycles. The maximum atomic E-state index is 5.26. The van der Waals surface area contributed by atoms with Crippen molar-refractivity contribution in [3.63, 3.8) is 0 Å². The van der Waals surface area contributed by atoms with E-state index in [9.17, 15) is 0 Å². The highest BCUT2D eigenvalue weighted by Crippen LogP contribution is 2.08. The first-order valence-electron chi connectivity index (χ1n) is 5.95. The summed E-state index contributed by atoms with van der Waals surface area (Å²) in [4.78, 5) is 5.26. The molecule has 0 aliphatic rings. The summed E-state index contributed by atoms with van der Waals surface area (Å²) in [6, 6.07) is 16.1. The number of hydrogen-bond acceptors (Lipinski definition) is 2. The number of benzene rings is 2. The Bertz CT molecular complexity index is 546. The van der Waals surface area contributed by atoms with Crippen LogP contribution < -0.4 is 0 Å².